The third kappa shape index (κ3) is 5.73. The normalized spacial score (nSPS) is 14.4. The van der Waals surface area contributed by atoms with E-state index in [1.54, 1.807) is 29.0 Å². The molecule has 1 fully saturated rings. The summed E-state index contributed by atoms with van der Waals surface area (Å²) in [5.74, 6) is 0.542. The van der Waals surface area contributed by atoms with Crippen LogP contribution in [0.4, 0.5) is 13.2 Å². The van der Waals surface area contributed by atoms with E-state index >= 15 is 0 Å². The molecule has 2 aromatic carbocycles. The summed E-state index contributed by atoms with van der Waals surface area (Å²) in [5, 5.41) is 0. The Morgan fingerprint density at radius 2 is 1.59 bits per heavy atom. The molecule has 1 aliphatic rings. The number of hydrogen-bond acceptors (Lipinski definition) is 3. The minimum absolute atomic E-state index is 0.0301. The van der Waals surface area contributed by atoms with Gasteiger partial charge in [-0.25, -0.2) is 0 Å². The van der Waals surface area contributed by atoms with Gasteiger partial charge in [-0.2, -0.15) is 13.2 Å². The van der Waals surface area contributed by atoms with Crippen LogP contribution in [0.2, 0.25) is 0 Å². The van der Waals surface area contributed by atoms with Crippen molar-refractivity contribution >= 4 is 5.91 Å². The van der Waals surface area contributed by atoms with E-state index in [0.29, 0.717) is 12.3 Å². The molecule has 1 aliphatic heterocycles. The summed E-state index contributed by atoms with van der Waals surface area (Å²) in [6.07, 6.45) is -2.34. The van der Waals surface area contributed by atoms with Gasteiger partial charge in [-0.15, -0.1) is 0 Å². The van der Waals surface area contributed by atoms with Gasteiger partial charge in [0.1, 0.15) is 5.75 Å². The van der Waals surface area contributed by atoms with Gasteiger partial charge >= 0.3 is 6.18 Å². The van der Waals surface area contributed by atoms with E-state index in [4.69, 9.17) is 4.74 Å². The van der Waals surface area contributed by atoms with Crippen LogP contribution in [0, 0.1) is 0 Å². The predicted molar refractivity (Wildman–Crippen MR) is 104 cm³/mol. The molecule has 29 heavy (non-hydrogen) atoms. The molecule has 4 nitrogen and oxygen atoms in total. The first-order valence-electron chi connectivity index (χ1n) is 9.66. The smallest absolute Gasteiger partial charge is 0.416 e. The number of amides is 1. The van der Waals surface area contributed by atoms with Gasteiger partial charge in [-0.3, -0.25) is 9.69 Å². The highest BCUT2D eigenvalue weighted by molar-refractivity contribution is 5.78. The Balaban J connectivity index is 1.64. The number of alkyl halides is 3. The molecule has 0 radical (unpaired) electrons. The maximum absolute atomic E-state index is 13.2. The summed E-state index contributed by atoms with van der Waals surface area (Å²) < 4.78 is 45.4. The summed E-state index contributed by atoms with van der Waals surface area (Å²) >= 11 is 0. The van der Waals surface area contributed by atoms with Gasteiger partial charge in [0.15, 0.2) is 6.61 Å². The van der Waals surface area contributed by atoms with E-state index in [1.165, 1.54) is 12.1 Å². The number of benzene rings is 2. The van der Waals surface area contributed by atoms with Crippen molar-refractivity contribution < 1.29 is 22.7 Å². The highest BCUT2D eigenvalue weighted by Crippen LogP contribution is 2.32. The second kappa shape index (κ2) is 9.31. The fraction of sp³-hybridized carbons (Fsp3) is 0.409. The lowest BCUT2D eigenvalue weighted by molar-refractivity contribution is -0.138. The highest BCUT2D eigenvalue weighted by Gasteiger charge is 2.33. The van der Waals surface area contributed by atoms with Crippen LogP contribution < -0.4 is 4.74 Å². The molecule has 0 saturated carbocycles. The lowest BCUT2D eigenvalue weighted by atomic mass is 10.1. The second-order valence-corrected chi connectivity index (χ2v) is 7.31. The molecule has 7 heteroatoms. The van der Waals surface area contributed by atoms with Crippen LogP contribution in [0.3, 0.4) is 0 Å². The third-order valence-electron chi connectivity index (χ3n) is 4.99. The minimum Gasteiger partial charge on any atom is -0.483 e. The zero-order valence-electron chi connectivity index (χ0n) is 16.4. The maximum Gasteiger partial charge on any atom is 0.416 e. The lowest BCUT2D eigenvalue weighted by Gasteiger charge is -2.22. The van der Waals surface area contributed by atoms with Gasteiger partial charge < -0.3 is 9.64 Å². The number of rotatable bonds is 7. The lowest BCUT2D eigenvalue weighted by Crippen LogP contribution is -2.32. The zero-order valence-corrected chi connectivity index (χ0v) is 16.4. The average molecular weight is 406 g/mol. The van der Waals surface area contributed by atoms with Gasteiger partial charge in [0.2, 0.25) is 0 Å². The largest absolute Gasteiger partial charge is 0.483 e. The average Bonchev–Trinajstić information content (AvgIpc) is 3.21. The Labute approximate surface area is 168 Å². The fourth-order valence-corrected chi connectivity index (χ4v) is 3.54. The van der Waals surface area contributed by atoms with Crippen molar-refractivity contribution in [2.24, 2.45) is 0 Å². The molecule has 1 saturated heterocycles. The van der Waals surface area contributed by atoms with Crippen LogP contribution in [-0.2, 0) is 24.1 Å². The number of hydrogen-bond donors (Lipinski definition) is 0. The summed E-state index contributed by atoms with van der Waals surface area (Å²) in [6.45, 7) is 2.06. The van der Waals surface area contributed by atoms with Gasteiger partial charge in [0.25, 0.3) is 5.91 Å². The Hall–Kier alpha value is -2.54. The van der Waals surface area contributed by atoms with Crippen molar-refractivity contribution in [3.05, 3.63) is 65.2 Å². The van der Waals surface area contributed by atoms with Crippen LogP contribution >= 0.6 is 0 Å². The molecule has 1 amide bonds. The number of para-hydroxylation sites is 1. The van der Waals surface area contributed by atoms with E-state index in [9.17, 15) is 18.0 Å². The Bertz CT molecular complexity index is 833. The fourth-order valence-electron chi connectivity index (χ4n) is 3.54. The van der Waals surface area contributed by atoms with Gasteiger partial charge in [-0.1, -0.05) is 36.4 Å². The van der Waals surface area contributed by atoms with Crippen molar-refractivity contribution in [3.8, 4) is 5.75 Å². The first-order valence-corrected chi connectivity index (χ1v) is 9.66. The number of halogens is 3. The number of nitrogens with zero attached hydrogens (tertiary/aromatic N) is 2. The molecule has 0 N–H and O–H groups in total. The molecule has 0 aromatic heterocycles. The van der Waals surface area contributed by atoms with Crippen molar-refractivity contribution in [1.82, 2.24) is 9.80 Å². The van der Waals surface area contributed by atoms with Gasteiger partial charge in [-0.05, 0) is 37.6 Å². The molecule has 0 spiro atoms. The molecule has 156 valence electrons. The summed E-state index contributed by atoms with van der Waals surface area (Å²) in [4.78, 5) is 15.8. The maximum atomic E-state index is 13.2. The Kier molecular flexibility index (Phi) is 6.79. The van der Waals surface area contributed by atoms with Gasteiger partial charge in [0, 0.05) is 31.7 Å². The zero-order chi connectivity index (χ0) is 20.9. The number of carbonyl (C=O) groups is 1. The van der Waals surface area contributed by atoms with Crippen molar-refractivity contribution in [1.29, 1.82) is 0 Å². The van der Waals surface area contributed by atoms with Crippen LogP contribution in [0.1, 0.15) is 29.5 Å². The molecule has 1 heterocycles. The quantitative estimate of drug-likeness (QED) is 0.686. The summed E-state index contributed by atoms with van der Waals surface area (Å²) in [6, 6.07) is 12.9. The Morgan fingerprint density at radius 1 is 1.00 bits per heavy atom. The molecular weight excluding hydrogens is 381 g/mol. The monoisotopic (exact) mass is 406 g/mol. The van der Waals surface area contributed by atoms with E-state index < -0.39 is 11.7 Å². The van der Waals surface area contributed by atoms with Crippen LogP contribution in [0.15, 0.2) is 48.5 Å². The van der Waals surface area contributed by atoms with Gasteiger partial charge in [0.05, 0.1) is 5.56 Å². The standard InChI is InChI=1S/C22H25F3N2O2/c1-26(14-17-8-2-4-10-19(17)22(23,24)25)15-18-9-3-5-11-20(18)29-16-21(28)27-12-6-7-13-27/h2-5,8-11H,6-7,12-16H2,1H3. The predicted octanol–water partition coefficient (Wildman–Crippen LogP) is 4.34. The molecule has 0 atom stereocenters. The van der Waals surface area contributed by atoms with E-state index in [2.05, 4.69) is 0 Å². The molecular formula is C22H25F3N2O2. The first kappa shape index (κ1) is 21.2. The number of carbonyl (C=O) groups excluding carboxylic acids is 1. The van der Waals surface area contributed by atoms with E-state index in [-0.39, 0.29) is 24.6 Å². The SMILES string of the molecule is CN(Cc1ccccc1OCC(=O)N1CCCC1)Cc1ccccc1C(F)(F)F. The molecule has 0 unspecified atom stereocenters. The number of ether oxygens (including phenoxy) is 1. The van der Waals surface area contributed by atoms with Crippen LogP contribution in [0.25, 0.3) is 0 Å². The van der Waals surface area contributed by atoms with Crippen molar-refractivity contribution in [2.45, 2.75) is 32.1 Å². The van der Waals surface area contributed by atoms with E-state index in [0.717, 1.165) is 37.6 Å². The molecule has 2 aromatic rings. The van der Waals surface area contributed by atoms with E-state index in [1.807, 2.05) is 18.2 Å². The molecule has 0 bridgehead atoms. The number of likely N-dealkylation sites (tertiary alicyclic amines) is 1. The molecule has 3 rings (SSSR count). The minimum atomic E-state index is -4.38. The van der Waals surface area contributed by atoms with Crippen molar-refractivity contribution in [2.75, 3.05) is 26.7 Å². The highest BCUT2D eigenvalue weighted by atomic mass is 19.4. The summed E-state index contributed by atoms with van der Waals surface area (Å²) in [5.41, 5.74) is 0.436. The van der Waals surface area contributed by atoms with Crippen LogP contribution in [0.5, 0.6) is 5.75 Å². The third-order valence-corrected chi connectivity index (χ3v) is 4.99. The Morgan fingerprint density at radius 3 is 2.28 bits per heavy atom. The van der Waals surface area contributed by atoms with Crippen LogP contribution in [-0.4, -0.2) is 42.5 Å². The summed E-state index contributed by atoms with van der Waals surface area (Å²) in [7, 11) is 1.76. The topological polar surface area (TPSA) is 32.8 Å². The van der Waals surface area contributed by atoms with Crippen molar-refractivity contribution in [3.63, 3.8) is 0 Å². The molecule has 0 aliphatic carbocycles. The first-order chi connectivity index (χ1) is 13.8. The second-order valence-electron chi connectivity index (χ2n) is 7.31.